The highest BCUT2D eigenvalue weighted by molar-refractivity contribution is 6.42. The number of nitrogens with zero attached hydrogens (tertiary/aromatic N) is 1. The molecule has 112 valence electrons. The topological polar surface area (TPSA) is 46.6 Å². The number of likely N-dealkylation sites (tertiary alicyclic amines) is 1. The van der Waals surface area contributed by atoms with E-state index in [0.717, 1.165) is 0 Å². The third-order valence-electron chi connectivity index (χ3n) is 3.42. The van der Waals surface area contributed by atoms with E-state index in [9.17, 15) is 9.59 Å². The second kappa shape index (κ2) is 6.96. The molecule has 21 heavy (non-hydrogen) atoms. The van der Waals surface area contributed by atoms with E-state index >= 15 is 0 Å². The number of hydrogen-bond acceptors (Lipinski definition) is 3. The van der Waals surface area contributed by atoms with Crippen LogP contribution in [0.4, 0.5) is 0 Å². The van der Waals surface area contributed by atoms with Gasteiger partial charge in [-0.25, -0.2) is 0 Å². The molecule has 0 aliphatic carbocycles. The van der Waals surface area contributed by atoms with Gasteiger partial charge in [0.25, 0.3) is 0 Å². The van der Waals surface area contributed by atoms with Crippen molar-refractivity contribution in [1.82, 2.24) is 4.90 Å². The third-order valence-corrected chi connectivity index (χ3v) is 4.25. The van der Waals surface area contributed by atoms with Crippen molar-refractivity contribution in [3.8, 4) is 0 Å². The van der Waals surface area contributed by atoms with Gasteiger partial charge in [0.2, 0.25) is 5.91 Å². The predicted molar refractivity (Wildman–Crippen MR) is 82.2 cm³/mol. The monoisotopic (exact) mass is 327 g/mol. The summed E-state index contributed by atoms with van der Waals surface area (Å²) in [4.78, 5) is 25.1. The summed E-state index contributed by atoms with van der Waals surface area (Å²) < 4.78 is 4.69. The zero-order valence-corrected chi connectivity index (χ0v) is 13.0. The van der Waals surface area contributed by atoms with Gasteiger partial charge in [-0.05, 0) is 24.1 Å². The number of amides is 1. The summed E-state index contributed by atoms with van der Waals surface area (Å²) in [6.45, 7) is 0.936. The maximum Gasteiger partial charge on any atom is 0.310 e. The maximum atomic E-state index is 12.1. The molecule has 0 saturated carbocycles. The van der Waals surface area contributed by atoms with Gasteiger partial charge >= 0.3 is 5.97 Å². The summed E-state index contributed by atoms with van der Waals surface area (Å²) >= 11 is 12.0. The first-order valence-electron chi connectivity index (χ1n) is 6.51. The summed E-state index contributed by atoms with van der Waals surface area (Å²) in [5.74, 6) is -0.660. The molecule has 1 aliphatic heterocycles. The Labute approximate surface area is 133 Å². The standard InChI is InChI=1S/C15H15Cl2NO3/c1-21-15(20)11-7-8-18(9-11)13(19)6-5-10-3-2-4-12(16)14(10)17/h2-6,11H,7-9H2,1H3/b6-5+. The lowest BCUT2D eigenvalue weighted by Gasteiger charge is -2.13. The van der Waals surface area contributed by atoms with E-state index in [1.807, 2.05) is 0 Å². The van der Waals surface area contributed by atoms with Crippen LogP contribution in [0.3, 0.4) is 0 Å². The molecule has 1 aliphatic rings. The number of methoxy groups -OCH3 is 1. The first-order valence-corrected chi connectivity index (χ1v) is 7.27. The summed E-state index contributed by atoms with van der Waals surface area (Å²) in [6, 6.07) is 5.23. The van der Waals surface area contributed by atoms with Gasteiger partial charge in [-0.3, -0.25) is 9.59 Å². The van der Waals surface area contributed by atoms with Gasteiger partial charge in [-0.1, -0.05) is 35.3 Å². The highest BCUT2D eigenvalue weighted by Gasteiger charge is 2.30. The third kappa shape index (κ3) is 3.77. The van der Waals surface area contributed by atoms with Crippen molar-refractivity contribution < 1.29 is 14.3 Å². The Morgan fingerprint density at radius 1 is 1.38 bits per heavy atom. The maximum absolute atomic E-state index is 12.1. The molecule has 0 bridgehead atoms. The first-order chi connectivity index (χ1) is 10.0. The van der Waals surface area contributed by atoms with E-state index < -0.39 is 0 Å². The zero-order valence-electron chi connectivity index (χ0n) is 11.5. The molecule has 1 heterocycles. The zero-order chi connectivity index (χ0) is 15.4. The molecule has 0 aromatic heterocycles. The SMILES string of the molecule is COC(=O)C1CCN(C(=O)/C=C/c2cccc(Cl)c2Cl)C1. The molecule has 0 spiro atoms. The predicted octanol–water partition coefficient (Wildman–Crippen LogP) is 3.03. The van der Waals surface area contributed by atoms with E-state index in [1.165, 1.54) is 13.2 Å². The number of carbonyl (C=O) groups excluding carboxylic acids is 2. The molecule has 0 N–H and O–H groups in total. The number of halogens is 2. The van der Waals surface area contributed by atoms with Crippen LogP contribution in [0.1, 0.15) is 12.0 Å². The Morgan fingerprint density at radius 2 is 2.14 bits per heavy atom. The Morgan fingerprint density at radius 3 is 2.86 bits per heavy atom. The minimum atomic E-state index is -0.271. The molecule has 1 unspecified atom stereocenters. The molecular weight excluding hydrogens is 313 g/mol. The van der Waals surface area contributed by atoms with Crippen molar-refractivity contribution >= 4 is 41.2 Å². The molecular formula is C15H15Cl2NO3. The van der Waals surface area contributed by atoms with Crippen LogP contribution in [-0.4, -0.2) is 37.0 Å². The number of hydrogen-bond donors (Lipinski definition) is 0. The van der Waals surface area contributed by atoms with E-state index in [1.54, 1.807) is 29.2 Å². The molecule has 0 radical (unpaired) electrons. The summed E-state index contributed by atoms with van der Waals surface area (Å²) in [7, 11) is 1.36. The van der Waals surface area contributed by atoms with Crippen LogP contribution in [0, 0.1) is 5.92 Å². The lowest BCUT2D eigenvalue weighted by molar-refractivity contribution is -0.145. The Hall–Kier alpha value is -1.52. The second-order valence-corrected chi connectivity index (χ2v) is 5.55. The van der Waals surface area contributed by atoms with Crippen molar-refractivity contribution in [1.29, 1.82) is 0 Å². The number of rotatable bonds is 3. The van der Waals surface area contributed by atoms with Crippen LogP contribution in [0.2, 0.25) is 10.0 Å². The first kappa shape index (κ1) is 15.9. The Kier molecular flexibility index (Phi) is 5.26. The normalized spacial score (nSPS) is 18.2. The fourth-order valence-corrected chi connectivity index (χ4v) is 2.61. The average molecular weight is 328 g/mol. The van der Waals surface area contributed by atoms with Crippen molar-refractivity contribution in [2.45, 2.75) is 6.42 Å². The largest absolute Gasteiger partial charge is 0.469 e. The molecule has 6 heteroatoms. The second-order valence-electron chi connectivity index (χ2n) is 4.77. The molecule has 1 fully saturated rings. The molecule has 4 nitrogen and oxygen atoms in total. The highest BCUT2D eigenvalue weighted by atomic mass is 35.5. The van der Waals surface area contributed by atoms with Crippen molar-refractivity contribution in [2.75, 3.05) is 20.2 Å². The molecule has 1 aromatic carbocycles. The number of ether oxygens (including phenoxy) is 1. The van der Waals surface area contributed by atoms with Crippen molar-refractivity contribution in [3.63, 3.8) is 0 Å². The fourth-order valence-electron chi connectivity index (χ4n) is 2.24. The van der Waals surface area contributed by atoms with Gasteiger partial charge in [-0.15, -0.1) is 0 Å². The van der Waals surface area contributed by atoms with Gasteiger partial charge in [0, 0.05) is 19.2 Å². The van der Waals surface area contributed by atoms with Gasteiger partial charge in [0.05, 0.1) is 23.1 Å². The molecule has 1 saturated heterocycles. The van der Waals surface area contributed by atoms with E-state index in [0.29, 0.717) is 35.1 Å². The summed E-state index contributed by atoms with van der Waals surface area (Å²) in [5, 5.41) is 0.857. The number of esters is 1. The summed E-state index contributed by atoms with van der Waals surface area (Å²) in [6.07, 6.45) is 3.70. The molecule has 1 amide bonds. The molecule has 2 rings (SSSR count). The molecule has 1 atom stereocenters. The average Bonchev–Trinajstić information content (AvgIpc) is 2.97. The van der Waals surface area contributed by atoms with Gasteiger partial charge in [0.1, 0.15) is 0 Å². The highest BCUT2D eigenvalue weighted by Crippen LogP contribution is 2.26. The van der Waals surface area contributed by atoms with Crippen LogP contribution >= 0.6 is 23.2 Å². The van der Waals surface area contributed by atoms with Crippen LogP contribution in [-0.2, 0) is 14.3 Å². The van der Waals surface area contributed by atoms with Crippen molar-refractivity contribution in [3.05, 3.63) is 39.9 Å². The van der Waals surface area contributed by atoms with Crippen LogP contribution < -0.4 is 0 Å². The number of carbonyl (C=O) groups is 2. The van der Waals surface area contributed by atoms with E-state index in [2.05, 4.69) is 0 Å². The minimum absolute atomic E-state index is 0.155. The van der Waals surface area contributed by atoms with Gasteiger partial charge < -0.3 is 9.64 Å². The lowest BCUT2D eigenvalue weighted by atomic mass is 10.1. The van der Waals surface area contributed by atoms with Crippen LogP contribution in [0.5, 0.6) is 0 Å². The summed E-state index contributed by atoms with van der Waals surface area (Å²) in [5.41, 5.74) is 0.682. The minimum Gasteiger partial charge on any atom is -0.469 e. The quantitative estimate of drug-likeness (QED) is 0.633. The fraction of sp³-hybridized carbons (Fsp3) is 0.333. The van der Waals surface area contributed by atoms with E-state index in [4.69, 9.17) is 27.9 Å². The van der Waals surface area contributed by atoms with Crippen LogP contribution in [0.15, 0.2) is 24.3 Å². The Bertz CT molecular complexity index is 586. The van der Waals surface area contributed by atoms with E-state index in [-0.39, 0.29) is 17.8 Å². The smallest absolute Gasteiger partial charge is 0.310 e. The van der Waals surface area contributed by atoms with Gasteiger partial charge in [-0.2, -0.15) is 0 Å². The molecule has 1 aromatic rings. The van der Waals surface area contributed by atoms with Crippen LogP contribution in [0.25, 0.3) is 6.08 Å². The lowest BCUT2D eigenvalue weighted by Crippen LogP contribution is -2.28. The Balaban J connectivity index is 2.01. The van der Waals surface area contributed by atoms with Gasteiger partial charge in [0.15, 0.2) is 0 Å². The van der Waals surface area contributed by atoms with Crippen molar-refractivity contribution in [2.24, 2.45) is 5.92 Å². The number of benzene rings is 1.